The van der Waals surface area contributed by atoms with Gasteiger partial charge >= 0.3 is 18.2 Å². The molecule has 11 heteroatoms. The Morgan fingerprint density at radius 2 is 1.58 bits per heavy atom. The summed E-state index contributed by atoms with van der Waals surface area (Å²) < 4.78 is 59.2. The van der Waals surface area contributed by atoms with E-state index in [4.69, 9.17) is 0 Å². The van der Waals surface area contributed by atoms with Crippen LogP contribution in [-0.4, -0.2) is 41.9 Å². The van der Waals surface area contributed by atoms with Crippen molar-refractivity contribution in [2.24, 2.45) is 5.92 Å². The smallest absolute Gasteiger partial charge is 0.437 e. The van der Waals surface area contributed by atoms with E-state index >= 15 is 0 Å². The predicted molar refractivity (Wildman–Crippen MR) is 97.4 cm³/mol. The van der Waals surface area contributed by atoms with Crippen molar-refractivity contribution in [2.45, 2.75) is 17.9 Å². The van der Waals surface area contributed by atoms with Crippen molar-refractivity contribution in [3.8, 4) is 0 Å². The van der Waals surface area contributed by atoms with Crippen LogP contribution in [0.4, 0.5) is 22.4 Å². The number of benzene rings is 2. The third kappa shape index (κ3) is 4.08. The molecule has 3 rings (SSSR count). The second-order valence-electron chi connectivity index (χ2n) is 6.80. The van der Waals surface area contributed by atoms with Crippen LogP contribution in [0.3, 0.4) is 0 Å². The maximum atomic E-state index is 13.8. The molecule has 0 radical (unpaired) electrons. The number of hydrogen-bond donors (Lipinski definition) is 3. The van der Waals surface area contributed by atoms with Crippen LogP contribution in [0, 0.1) is 11.7 Å². The van der Waals surface area contributed by atoms with Crippen LogP contribution < -0.4 is 10.6 Å². The number of halogens is 4. The number of carbonyl (C=O) groups is 3. The lowest BCUT2D eigenvalue weighted by Gasteiger charge is -2.45. The Labute approximate surface area is 173 Å². The molecule has 0 saturated carbocycles. The van der Waals surface area contributed by atoms with E-state index in [2.05, 4.69) is 10.1 Å². The normalized spacial score (nSPS) is 23.5. The summed E-state index contributed by atoms with van der Waals surface area (Å²) in [4.78, 5) is 36.6. The molecule has 0 bridgehead atoms. The van der Waals surface area contributed by atoms with Gasteiger partial charge in [-0.05, 0) is 42.0 Å². The molecule has 1 saturated heterocycles. The van der Waals surface area contributed by atoms with Crippen molar-refractivity contribution in [1.82, 2.24) is 10.6 Å². The minimum atomic E-state index is -5.42. The highest BCUT2D eigenvalue weighted by Gasteiger charge is 2.66. The summed E-state index contributed by atoms with van der Waals surface area (Å²) >= 11 is 0. The first-order valence-corrected chi connectivity index (χ1v) is 8.84. The average molecular weight is 440 g/mol. The molecular formula is C20H16F4N2O5. The molecule has 1 fully saturated rings. The van der Waals surface area contributed by atoms with Crippen LogP contribution in [0.15, 0.2) is 48.5 Å². The number of Topliss-reactive ketones (excluding diaryl/α,β-unsaturated/α-hetero) is 1. The van der Waals surface area contributed by atoms with Gasteiger partial charge in [0.1, 0.15) is 11.7 Å². The van der Waals surface area contributed by atoms with Crippen molar-refractivity contribution in [2.75, 3.05) is 7.11 Å². The van der Waals surface area contributed by atoms with E-state index in [1.165, 1.54) is 29.6 Å². The second kappa shape index (κ2) is 7.99. The third-order valence-electron chi connectivity index (χ3n) is 4.91. The fourth-order valence-electron chi connectivity index (χ4n) is 3.35. The number of rotatable bonds is 4. The van der Waals surface area contributed by atoms with Gasteiger partial charge in [0.15, 0.2) is 5.78 Å². The van der Waals surface area contributed by atoms with Crippen LogP contribution in [0.5, 0.6) is 0 Å². The molecule has 0 aliphatic carbocycles. The van der Waals surface area contributed by atoms with Gasteiger partial charge in [0, 0.05) is 5.56 Å². The quantitative estimate of drug-likeness (QED) is 0.385. The minimum Gasteiger partial charge on any atom is -0.465 e. The molecule has 3 atom stereocenters. The Bertz CT molecular complexity index is 1010. The Balaban J connectivity index is 2.12. The number of ether oxygens (including phenoxy) is 1. The topological polar surface area (TPSA) is 105 Å². The van der Waals surface area contributed by atoms with Crippen molar-refractivity contribution in [3.05, 3.63) is 71.0 Å². The van der Waals surface area contributed by atoms with Crippen molar-refractivity contribution in [1.29, 1.82) is 0 Å². The number of methoxy groups -OCH3 is 1. The maximum Gasteiger partial charge on any atom is 0.437 e. The highest BCUT2D eigenvalue weighted by atomic mass is 19.4. The van der Waals surface area contributed by atoms with Gasteiger partial charge in [-0.2, -0.15) is 13.2 Å². The predicted octanol–water partition coefficient (Wildman–Crippen LogP) is 2.72. The lowest BCUT2D eigenvalue weighted by molar-refractivity contribution is -0.287. The molecular weight excluding hydrogens is 424 g/mol. The molecule has 2 aromatic rings. The Morgan fingerprint density at radius 3 is 2.10 bits per heavy atom. The molecule has 7 nitrogen and oxygen atoms in total. The molecule has 1 aliphatic rings. The number of hydrogen-bond acceptors (Lipinski definition) is 5. The van der Waals surface area contributed by atoms with Gasteiger partial charge in [0.05, 0.1) is 18.7 Å². The number of nitrogens with one attached hydrogen (secondary N) is 2. The molecule has 164 valence electrons. The fraction of sp³-hybridized carbons (Fsp3) is 0.250. The van der Waals surface area contributed by atoms with Gasteiger partial charge in [0.2, 0.25) is 5.72 Å². The van der Waals surface area contributed by atoms with Crippen LogP contribution in [0.1, 0.15) is 32.3 Å². The Morgan fingerprint density at radius 1 is 1.03 bits per heavy atom. The van der Waals surface area contributed by atoms with Gasteiger partial charge in [0.25, 0.3) is 0 Å². The Kier molecular flexibility index (Phi) is 5.72. The molecule has 31 heavy (non-hydrogen) atoms. The van der Waals surface area contributed by atoms with Crippen molar-refractivity contribution < 1.29 is 41.8 Å². The monoisotopic (exact) mass is 440 g/mol. The number of aliphatic hydroxyl groups is 1. The highest BCUT2D eigenvalue weighted by molar-refractivity contribution is 6.00. The van der Waals surface area contributed by atoms with E-state index in [0.29, 0.717) is 0 Å². The lowest BCUT2D eigenvalue weighted by atomic mass is 9.77. The first-order valence-electron chi connectivity index (χ1n) is 8.84. The molecule has 2 amide bonds. The minimum absolute atomic E-state index is 0.0191. The molecule has 0 aromatic heterocycles. The zero-order valence-electron chi connectivity index (χ0n) is 15.9. The molecule has 0 spiro atoms. The van der Waals surface area contributed by atoms with E-state index in [0.717, 1.165) is 31.4 Å². The highest BCUT2D eigenvalue weighted by Crippen LogP contribution is 2.44. The number of ketones is 1. The molecule has 1 heterocycles. The summed E-state index contributed by atoms with van der Waals surface area (Å²) in [6.45, 7) is 0. The van der Waals surface area contributed by atoms with Gasteiger partial charge < -0.3 is 20.5 Å². The number of urea groups is 1. The number of esters is 1. The standard InChI is InChI=1S/C20H16F4N2O5/c1-31-17(28)12-4-2-10(3-5-12)15-14(16(27)11-6-8-13(21)9-7-11)19(30,20(22,23)24)26-18(29)25-15/h2-9,14-15,30H,1H3,(H2,25,26,29)/t14-,15-,19+/m0/s1. The zero-order valence-corrected chi connectivity index (χ0v) is 15.9. The van der Waals surface area contributed by atoms with Gasteiger partial charge in [-0.25, -0.2) is 14.0 Å². The van der Waals surface area contributed by atoms with Crippen LogP contribution in [0.2, 0.25) is 0 Å². The fourth-order valence-corrected chi connectivity index (χ4v) is 3.35. The van der Waals surface area contributed by atoms with Gasteiger partial charge in [-0.3, -0.25) is 4.79 Å². The molecule has 1 aliphatic heterocycles. The van der Waals surface area contributed by atoms with Gasteiger partial charge in [-0.1, -0.05) is 12.1 Å². The summed E-state index contributed by atoms with van der Waals surface area (Å²) in [5.41, 5.74) is -4.11. The van der Waals surface area contributed by atoms with E-state index < -0.39 is 47.5 Å². The van der Waals surface area contributed by atoms with Gasteiger partial charge in [-0.15, -0.1) is 0 Å². The van der Waals surface area contributed by atoms with E-state index in [-0.39, 0.29) is 16.7 Å². The van der Waals surface area contributed by atoms with Crippen molar-refractivity contribution >= 4 is 17.8 Å². The third-order valence-corrected chi connectivity index (χ3v) is 4.91. The lowest BCUT2D eigenvalue weighted by Crippen LogP contribution is -2.72. The summed E-state index contributed by atoms with van der Waals surface area (Å²) in [5.74, 6) is -4.87. The van der Waals surface area contributed by atoms with Crippen LogP contribution in [-0.2, 0) is 4.74 Å². The molecule has 2 aromatic carbocycles. The SMILES string of the molecule is COC(=O)c1ccc([C@@H]2NC(=O)N[C@](O)(C(F)(F)F)[C@@H]2C(=O)c2ccc(F)cc2)cc1. The van der Waals surface area contributed by atoms with Crippen LogP contribution in [0.25, 0.3) is 0 Å². The average Bonchev–Trinajstić information content (AvgIpc) is 2.72. The molecule has 3 N–H and O–H groups in total. The summed E-state index contributed by atoms with van der Waals surface area (Å²) in [7, 11) is 1.14. The van der Waals surface area contributed by atoms with E-state index in [9.17, 15) is 37.1 Å². The maximum absolute atomic E-state index is 13.8. The zero-order chi connectivity index (χ0) is 23.0. The summed E-state index contributed by atoms with van der Waals surface area (Å²) in [6.07, 6.45) is -5.42. The first-order chi connectivity index (χ1) is 14.5. The van der Waals surface area contributed by atoms with E-state index in [1.807, 2.05) is 0 Å². The number of carbonyl (C=O) groups excluding carboxylic acids is 3. The summed E-state index contributed by atoms with van der Waals surface area (Å²) in [5, 5.41) is 14.1. The second-order valence-corrected chi connectivity index (χ2v) is 6.80. The number of alkyl halides is 3. The largest absolute Gasteiger partial charge is 0.465 e. The Hall–Kier alpha value is -3.47. The van der Waals surface area contributed by atoms with E-state index in [1.54, 1.807) is 0 Å². The number of amides is 2. The van der Waals surface area contributed by atoms with Crippen molar-refractivity contribution in [3.63, 3.8) is 0 Å². The first kappa shape index (κ1) is 22.2. The summed E-state index contributed by atoms with van der Waals surface area (Å²) in [6, 6.07) is 5.67. The van der Waals surface area contributed by atoms with Crippen LogP contribution >= 0.6 is 0 Å². The molecule has 0 unspecified atom stereocenters.